The van der Waals surface area contributed by atoms with Crippen LogP contribution in [0.25, 0.3) is 0 Å². The minimum atomic E-state index is 0.160. The van der Waals surface area contributed by atoms with Gasteiger partial charge in [0.2, 0.25) is 0 Å². The molecular formula is C22H27N3O. The average molecular weight is 349 g/mol. The van der Waals surface area contributed by atoms with E-state index in [0.717, 1.165) is 44.6 Å². The van der Waals surface area contributed by atoms with Crippen molar-refractivity contribution < 1.29 is 4.79 Å². The first-order valence-corrected chi connectivity index (χ1v) is 9.78. The molecule has 26 heavy (non-hydrogen) atoms. The summed E-state index contributed by atoms with van der Waals surface area (Å²) in [7, 11) is 0. The first-order valence-electron chi connectivity index (χ1n) is 9.78. The maximum Gasteiger partial charge on any atom is 0.255 e. The molecule has 0 aliphatic carbocycles. The lowest BCUT2D eigenvalue weighted by molar-refractivity contribution is 0.0614. The van der Waals surface area contributed by atoms with Gasteiger partial charge in [0.15, 0.2) is 0 Å². The number of carbonyl (C=O) groups is 1. The summed E-state index contributed by atoms with van der Waals surface area (Å²) >= 11 is 0. The van der Waals surface area contributed by atoms with Crippen molar-refractivity contribution in [1.82, 2.24) is 14.8 Å². The number of rotatable bonds is 4. The molecule has 0 radical (unpaired) electrons. The van der Waals surface area contributed by atoms with E-state index in [0.29, 0.717) is 12.0 Å². The zero-order valence-electron chi connectivity index (χ0n) is 15.3. The zero-order chi connectivity index (χ0) is 17.8. The van der Waals surface area contributed by atoms with E-state index < -0.39 is 0 Å². The predicted molar refractivity (Wildman–Crippen MR) is 103 cm³/mol. The molecule has 3 heterocycles. The molecular weight excluding hydrogens is 322 g/mol. The van der Waals surface area contributed by atoms with Crippen LogP contribution in [0.4, 0.5) is 0 Å². The molecule has 2 saturated heterocycles. The molecule has 2 aromatic rings. The SMILES string of the molecule is O=C(c1cccnc1)N1CCC[C@@H]1C1CCN(Cc2ccccc2)CC1. The smallest absolute Gasteiger partial charge is 0.255 e. The molecule has 2 fully saturated rings. The lowest BCUT2D eigenvalue weighted by Gasteiger charge is -2.38. The van der Waals surface area contributed by atoms with E-state index >= 15 is 0 Å². The van der Waals surface area contributed by atoms with E-state index in [9.17, 15) is 4.79 Å². The average Bonchev–Trinajstić information content (AvgIpc) is 3.19. The molecule has 4 rings (SSSR count). The van der Waals surface area contributed by atoms with Gasteiger partial charge in [0.1, 0.15) is 0 Å². The van der Waals surface area contributed by atoms with Crippen molar-refractivity contribution in [3.63, 3.8) is 0 Å². The normalized spacial score (nSPS) is 21.8. The number of carbonyl (C=O) groups excluding carboxylic acids is 1. The summed E-state index contributed by atoms with van der Waals surface area (Å²) in [5.41, 5.74) is 2.11. The minimum Gasteiger partial charge on any atom is -0.335 e. The third-order valence-electron chi connectivity index (χ3n) is 5.89. The summed E-state index contributed by atoms with van der Waals surface area (Å²) in [4.78, 5) is 21.7. The molecule has 4 heteroatoms. The lowest BCUT2D eigenvalue weighted by atomic mass is 9.87. The van der Waals surface area contributed by atoms with Crippen molar-refractivity contribution in [2.45, 2.75) is 38.3 Å². The van der Waals surface area contributed by atoms with E-state index in [2.05, 4.69) is 45.1 Å². The quantitative estimate of drug-likeness (QED) is 0.846. The van der Waals surface area contributed by atoms with Crippen LogP contribution in [-0.4, -0.2) is 46.4 Å². The molecule has 0 N–H and O–H groups in total. The number of hydrogen-bond acceptors (Lipinski definition) is 3. The first-order chi connectivity index (χ1) is 12.8. The van der Waals surface area contributed by atoms with Gasteiger partial charge in [0.05, 0.1) is 5.56 Å². The Labute approximate surface area is 155 Å². The fourth-order valence-corrected chi connectivity index (χ4v) is 4.53. The molecule has 1 aromatic carbocycles. The number of likely N-dealkylation sites (tertiary alicyclic amines) is 2. The van der Waals surface area contributed by atoms with Gasteiger partial charge in [-0.3, -0.25) is 14.7 Å². The standard InChI is InChI=1S/C22H27N3O/c26-22(20-8-4-12-23-16-20)25-13-5-9-21(25)19-10-14-24(15-11-19)17-18-6-2-1-3-7-18/h1-4,6-8,12,16,19,21H,5,9-11,13-15,17H2/t21-/m1/s1. The monoisotopic (exact) mass is 349 g/mol. The maximum atomic E-state index is 12.9. The molecule has 136 valence electrons. The molecule has 1 atom stereocenters. The van der Waals surface area contributed by atoms with Crippen LogP contribution >= 0.6 is 0 Å². The summed E-state index contributed by atoms with van der Waals surface area (Å²) in [6.07, 6.45) is 8.07. The number of aromatic nitrogens is 1. The second-order valence-electron chi connectivity index (χ2n) is 7.55. The number of hydrogen-bond donors (Lipinski definition) is 0. The van der Waals surface area contributed by atoms with Gasteiger partial charge in [-0.2, -0.15) is 0 Å². The van der Waals surface area contributed by atoms with Gasteiger partial charge in [0.25, 0.3) is 5.91 Å². The summed E-state index contributed by atoms with van der Waals surface area (Å²) in [5.74, 6) is 0.789. The van der Waals surface area contributed by atoms with Gasteiger partial charge in [-0.15, -0.1) is 0 Å². The predicted octanol–water partition coefficient (Wildman–Crippen LogP) is 3.60. The summed E-state index contributed by atoms with van der Waals surface area (Å²) < 4.78 is 0. The van der Waals surface area contributed by atoms with E-state index in [1.54, 1.807) is 12.4 Å². The first kappa shape index (κ1) is 17.2. The van der Waals surface area contributed by atoms with Crippen LogP contribution in [0.3, 0.4) is 0 Å². The summed E-state index contributed by atoms with van der Waals surface area (Å²) in [5, 5.41) is 0. The second-order valence-corrected chi connectivity index (χ2v) is 7.55. The van der Waals surface area contributed by atoms with Gasteiger partial charge >= 0.3 is 0 Å². The van der Waals surface area contributed by atoms with E-state index in [4.69, 9.17) is 0 Å². The number of amides is 1. The van der Waals surface area contributed by atoms with Gasteiger partial charge in [-0.1, -0.05) is 30.3 Å². The van der Waals surface area contributed by atoms with Crippen LogP contribution in [0.1, 0.15) is 41.6 Å². The maximum absolute atomic E-state index is 12.9. The largest absolute Gasteiger partial charge is 0.335 e. The topological polar surface area (TPSA) is 36.4 Å². The van der Waals surface area contributed by atoms with Gasteiger partial charge in [-0.05, 0) is 62.4 Å². The minimum absolute atomic E-state index is 0.160. The Kier molecular flexibility index (Phi) is 5.30. The number of piperidine rings is 1. The zero-order valence-corrected chi connectivity index (χ0v) is 15.3. The number of pyridine rings is 1. The van der Waals surface area contributed by atoms with Crippen molar-refractivity contribution in [2.24, 2.45) is 5.92 Å². The molecule has 2 aliphatic heterocycles. The van der Waals surface area contributed by atoms with Gasteiger partial charge in [0, 0.05) is 31.5 Å². The third kappa shape index (κ3) is 3.80. The van der Waals surface area contributed by atoms with E-state index in [-0.39, 0.29) is 5.91 Å². The Bertz CT molecular complexity index is 711. The Balaban J connectivity index is 1.35. The molecule has 0 spiro atoms. The molecule has 1 aromatic heterocycles. The van der Waals surface area contributed by atoms with Crippen LogP contribution in [0.5, 0.6) is 0 Å². The Morgan fingerprint density at radius 1 is 1.00 bits per heavy atom. The van der Waals surface area contributed by atoms with E-state index in [1.165, 1.54) is 18.4 Å². The molecule has 1 amide bonds. The highest BCUT2D eigenvalue weighted by Crippen LogP contribution is 2.32. The van der Waals surface area contributed by atoms with Gasteiger partial charge in [-0.25, -0.2) is 0 Å². The number of nitrogens with zero attached hydrogens (tertiary/aromatic N) is 3. The van der Waals surface area contributed by atoms with Crippen molar-refractivity contribution in [3.8, 4) is 0 Å². The van der Waals surface area contributed by atoms with Crippen molar-refractivity contribution in [3.05, 3.63) is 66.0 Å². The summed E-state index contributed by atoms with van der Waals surface area (Å²) in [6, 6.07) is 14.8. The highest BCUT2D eigenvalue weighted by Gasteiger charge is 2.36. The highest BCUT2D eigenvalue weighted by atomic mass is 16.2. The fraction of sp³-hybridized carbons (Fsp3) is 0.455. The number of benzene rings is 1. The van der Waals surface area contributed by atoms with Crippen LogP contribution in [0.15, 0.2) is 54.9 Å². The van der Waals surface area contributed by atoms with Crippen LogP contribution in [0, 0.1) is 5.92 Å². The highest BCUT2D eigenvalue weighted by molar-refractivity contribution is 5.94. The Hall–Kier alpha value is -2.20. The van der Waals surface area contributed by atoms with E-state index in [1.807, 2.05) is 12.1 Å². The van der Waals surface area contributed by atoms with Crippen molar-refractivity contribution >= 4 is 5.91 Å². The molecule has 4 nitrogen and oxygen atoms in total. The van der Waals surface area contributed by atoms with Crippen molar-refractivity contribution in [1.29, 1.82) is 0 Å². The molecule has 0 bridgehead atoms. The van der Waals surface area contributed by atoms with Crippen LogP contribution < -0.4 is 0 Å². The van der Waals surface area contributed by atoms with Gasteiger partial charge < -0.3 is 4.90 Å². The molecule has 0 unspecified atom stereocenters. The van der Waals surface area contributed by atoms with Crippen LogP contribution in [-0.2, 0) is 6.54 Å². The second kappa shape index (κ2) is 8.00. The van der Waals surface area contributed by atoms with Crippen LogP contribution in [0.2, 0.25) is 0 Å². The third-order valence-corrected chi connectivity index (χ3v) is 5.89. The molecule has 0 saturated carbocycles. The molecule has 2 aliphatic rings. The summed E-state index contributed by atoms with van der Waals surface area (Å²) in [6.45, 7) is 4.19. The Morgan fingerprint density at radius 2 is 1.81 bits per heavy atom. The lowest BCUT2D eigenvalue weighted by Crippen LogP contribution is -2.44. The van der Waals surface area contributed by atoms with Crippen molar-refractivity contribution in [2.75, 3.05) is 19.6 Å². The fourth-order valence-electron chi connectivity index (χ4n) is 4.53. The Morgan fingerprint density at radius 3 is 2.54 bits per heavy atom.